The highest BCUT2D eigenvalue weighted by molar-refractivity contribution is 6.34. The van der Waals surface area contributed by atoms with Crippen molar-refractivity contribution in [3.8, 4) is 0 Å². The normalized spacial score (nSPS) is 17.5. The molecule has 0 radical (unpaired) electrons. The number of hydrogen-bond donors (Lipinski definition) is 2. The monoisotopic (exact) mass is 280 g/mol. The number of anilines is 2. The van der Waals surface area contributed by atoms with Gasteiger partial charge < -0.3 is 11.1 Å². The zero-order chi connectivity index (χ0) is 13.7. The highest BCUT2D eigenvalue weighted by Gasteiger charge is 2.20. The second kappa shape index (κ2) is 6.80. The summed E-state index contributed by atoms with van der Waals surface area (Å²) in [5, 5.41) is 3.40. The molecule has 0 aliphatic heterocycles. The van der Waals surface area contributed by atoms with Crippen molar-refractivity contribution < 1.29 is 4.79 Å². The number of carbonyl (C=O) groups excluding carboxylic acids is 1. The molecule has 1 amide bonds. The van der Waals surface area contributed by atoms with Crippen molar-refractivity contribution in [1.29, 1.82) is 0 Å². The van der Waals surface area contributed by atoms with E-state index in [1.807, 2.05) is 0 Å². The molecule has 0 aromatic heterocycles. The van der Waals surface area contributed by atoms with E-state index in [0.29, 0.717) is 16.4 Å². The van der Waals surface area contributed by atoms with Crippen molar-refractivity contribution in [2.24, 2.45) is 5.92 Å². The predicted octanol–water partition coefficient (Wildman–Crippen LogP) is 4.22. The lowest BCUT2D eigenvalue weighted by Crippen LogP contribution is -2.24. The van der Waals surface area contributed by atoms with Gasteiger partial charge in [0, 0.05) is 5.92 Å². The standard InChI is InChI=1S/C15H21ClN2O/c16-12-9-6-10-13(17)14(12)18-15(19)11-7-4-2-1-3-5-8-11/h6,9-11H,1-5,7-8,17H2,(H,18,19). The number of nitrogens with one attached hydrogen (secondary N) is 1. The Morgan fingerprint density at radius 2 is 1.79 bits per heavy atom. The number of benzene rings is 1. The van der Waals surface area contributed by atoms with E-state index >= 15 is 0 Å². The molecule has 2 rings (SSSR count). The minimum absolute atomic E-state index is 0.0571. The van der Waals surface area contributed by atoms with Gasteiger partial charge in [-0.1, -0.05) is 49.8 Å². The maximum Gasteiger partial charge on any atom is 0.227 e. The van der Waals surface area contributed by atoms with E-state index in [2.05, 4.69) is 5.32 Å². The molecule has 1 aliphatic rings. The largest absolute Gasteiger partial charge is 0.397 e. The summed E-state index contributed by atoms with van der Waals surface area (Å²) in [6.45, 7) is 0. The van der Waals surface area contributed by atoms with Crippen LogP contribution in [0, 0.1) is 5.92 Å². The van der Waals surface area contributed by atoms with E-state index in [0.717, 1.165) is 25.7 Å². The first-order chi connectivity index (χ1) is 9.18. The van der Waals surface area contributed by atoms with E-state index in [1.54, 1.807) is 18.2 Å². The van der Waals surface area contributed by atoms with Gasteiger partial charge in [0.1, 0.15) is 0 Å². The van der Waals surface area contributed by atoms with Gasteiger partial charge >= 0.3 is 0 Å². The number of rotatable bonds is 2. The molecule has 0 heterocycles. The van der Waals surface area contributed by atoms with Gasteiger partial charge in [-0.15, -0.1) is 0 Å². The third kappa shape index (κ3) is 3.87. The van der Waals surface area contributed by atoms with Crippen LogP contribution in [-0.4, -0.2) is 5.91 Å². The number of para-hydroxylation sites is 1. The van der Waals surface area contributed by atoms with Crippen molar-refractivity contribution in [3.05, 3.63) is 23.2 Å². The van der Waals surface area contributed by atoms with Gasteiger partial charge in [-0.2, -0.15) is 0 Å². The van der Waals surface area contributed by atoms with Crippen LogP contribution in [0.2, 0.25) is 5.02 Å². The molecule has 0 unspecified atom stereocenters. The molecule has 1 aromatic rings. The first kappa shape index (κ1) is 14.2. The Hall–Kier alpha value is -1.22. The van der Waals surface area contributed by atoms with Crippen molar-refractivity contribution in [1.82, 2.24) is 0 Å². The maximum atomic E-state index is 12.3. The van der Waals surface area contributed by atoms with Gasteiger partial charge in [0.25, 0.3) is 0 Å². The number of hydrogen-bond acceptors (Lipinski definition) is 2. The van der Waals surface area contributed by atoms with Gasteiger partial charge in [0.05, 0.1) is 16.4 Å². The molecule has 1 fully saturated rings. The molecule has 19 heavy (non-hydrogen) atoms. The topological polar surface area (TPSA) is 55.1 Å². The molecule has 1 aliphatic carbocycles. The van der Waals surface area contributed by atoms with Crippen molar-refractivity contribution in [2.45, 2.75) is 44.9 Å². The molecule has 0 atom stereocenters. The SMILES string of the molecule is Nc1cccc(Cl)c1NC(=O)C1CCCCCCC1. The summed E-state index contributed by atoms with van der Waals surface area (Å²) in [5.41, 5.74) is 6.93. The van der Waals surface area contributed by atoms with Crippen LogP contribution in [0.25, 0.3) is 0 Å². The third-order valence-electron chi connectivity index (χ3n) is 3.77. The van der Waals surface area contributed by atoms with E-state index in [1.165, 1.54) is 19.3 Å². The molecule has 4 heteroatoms. The van der Waals surface area contributed by atoms with Gasteiger partial charge in [-0.05, 0) is 25.0 Å². The van der Waals surface area contributed by atoms with Gasteiger partial charge in [0.15, 0.2) is 0 Å². The van der Waals surface area contributed by atoms with Crippen LogP contribution >= 0.6 is 11.6 Å². The quantitative estimate of drug-likeness (QED) is 0.797. The van der Waals surface area contributed by atoms with Gasteiger partial charge in [-0.25, -0.2) is 0 Å². The van der Waals surface area contributed by atoms with Crippen LogP contribution in [0.15, 0.2) is 18.2 Å². The molecule has 0 saturated heterocycles. The smallest absolute Gasteiger partial charge is 0.227 e. The average Bonchev–Trinajstić information content (AvgIpc) is 2.33. The molecule has 0 spiro atoms. The summed E-state index contributed by atoms with van der Waals surface area (Å²) in [4.78, 5) is 12.3. The Morgan fingerprint density at radius 3 is 2.42 bits per heavy atom. The predicted molar refractivity (Wildman–Crippen MR) is 80.3 cm³/mol. The molecular formula is C15H21ClN2O. The van der Waals surface area contributed by atoms with Gasteiger partial charge in [-0.3, -0.25) is 4.79 Å². The summed E-state index contributed by atoms with van der Waals surface area (Å²) < 4.78 is 0. The number of nitrogens with two attached hydrogens (primary N) is 1. The van der Waals surface area contributed by atoms with Crippen LogP contribution < -0.4 is 11.1 Å². The molecule has 1 saturated carbocycles. The Bertz CT molecular complexity index is 420. The van der Waals surface area contributed by atoms with Crippen LogP contribution in [0.5, 0.6) is 0 Å². The van der Waals surface area contributed by atoms with E-state index in [4.69, 9.17) is 17.3 Å². The van der Waals surface area contributed by atoms with Crippen LogP contribution in [0.3, 0.4) is 0 Å². The highest BCUT2D eigenvalue weighted by Crippen LogP contribution is 2.30. The Labute approximate surface area is 119 Å². The van der Waals surface area contributed by atoms with Crippen LogP contribution in [0.1, 0.15) is 44.9 Å². The zero-order valence-corrected chi connectivity index (χ0v) is 11.9. The van der Waals surface area contributed by atoms with Crippen LogP contribution in [-0.2, 0) is 4.79 Å². The number of halogens is 1. The minimum atomic E-state index is 0.0571. The molecule has 0 bridgehead atoms. The molecule has 3 nitrogen and oxygen atoms in total. The average molecular weight is 281 g/mol. The molecule has 104 valence electrons. The first-order valence-corrected chi connectivity index (χ1v) is 7.41. The van der Waals surface area contributed by atoms with Crippen molar-refractivity contribution in [3.63, 3.8) is 0 Å². The fourth-order valence-electron chi connectivity index (χ4n) is 2.62. The second-order valence-corrected chi connectivity index (χ2v) is 5.64. The Kier molecular flexibility index (Phi) is 5.08. The van der Waals surface area contributed by atoms with E-state index in [-0.39, 0.29) is 11.8 Å². The fraction of sp³-hybridized carbons (Fsp3) is 0.533. The summed E-state index contributed by atoms with van der Waals surface area (Å²) in [6.07, 6.45) is 7.97. The highest BCUT2D eigenvalue weighted by atomic mass is 35.5. The number of nitrogen functional groups attached to an aromatic ring is 1. The molecule has 1 aromatic carbocycles. The second-order valence-electron chi connectivity index (χ2n) is 5.24. The fourth-order valence-corrected chi connectivity index (χ4v) is 2.85. The lowest BCUT2D eigenvalue weighted by Gasteiger charge is -2.20. The first-order valence-electron chi connectivity index (χ1n) is 7.03. The lowest BCUT2D eigenvalue weighted by atomic mass is 9.90. The Balaban J connectivity index is 2.03. The maximum absolute atomic E-state index is 12.3. The summed E-state index contributed by atoms with van der Waals surface area (Å²) in [6, 6.07) is 5.27. The number of amides is 1. The third-order valence-corrected chi connectivity index (χ3v) is 4.08. The minimum Gasteiger partial charge on any atom is -0.397 e. The van der Waals surface area contributed by atoms with E-state index < -0.39 is 0 Å². The van der Waals surface area contributed by atoms with Crippen LogP contribution in [0.4, 0.5) is 11.4 Å². The zero-order valence-electron chi connectivity index (χ0n) is 11.1. The summed E-state index contributed by atoms with van der Waals surface area (Å²) >= 11 is 6.08. The van der Waals surface area contributed by atoms with Gasteiger partial charge in [0.2, 0.25) is 5.91 Å². The van der Waals surface area contributed by atoms with E-state index in [9.17, 15) is 4.79 Å². The summed E-state index contributed by atoms with van der Waals surface area (Å²) in [7, 11) is 0. The van der Waals surface area contributed by atoms with Crippen molar-refractivity contribution in [2.75, 3.05) is 11.1 Å². The lowest BCUT2D eigenvalue weighted by molar-refractivity contribution is -0.120. The molecular weight excluding hydrogens is 260 g/mol. The number of carbonyl (C=O) groups is 1. The Morgan fingerprint density at radius 1 is 1.16 bits per heavy atom. The summed E-state index contributed by atoms with van der Waals surface area (Å²) in [5.74, 6) is 0.151. The molecule has 3 N–H and O–H groups in total. The van der Waals surface area contributed by atoms with Crippen molar-refractivity contribution >= 4 is 28.9 Å².